The Morgan fingerprint density at radius 1 is 1.35 bits per heavy atom. The van der Waals surface area contributed by atoms with Crippen LogP contribution in [-0.2, 0) is 14.8 Å². The molecule has 2 N–H and O–H groups in total. The third-order valence-corrected chi connectivity index (χ3v) is 4.05. The smallest absolute Gasteiger partial charge is 0.212 e. The van der Waals surface area contributed by atoms with E-state index in [-0.39, 0.29) is 17.4 Å². The van der Waals surface area contributed by atoms with Gasteiger partial charge < -0.3 is 10.1 Å². The number of rotatable bonds is 9. The summed E-state index contributed by atoms with van der Waals surface area (Å²) in [5.41, 5.74) is -0.188. The summed E-state index contributed by atoms with van der Waals surface area (Å²) in [6.45, 7) is 8.72. The summed E-state index contributed by atoms with van der Waals surface area (Å²) in [7, 11) is -1.44. The highest BCUT2D eigenvalue weighted by Gasteiger charge is 2.20. The molecule has 0 aliphatic rings. The second-order valence-electron chi connectivity index (χ2n) is 4.84. The number of nitrogens with one attached hydrogen (secondary N) is 2. The Labute approximate surface area is 105 Å². The predicted octanol–water partition coefficient (Wildman–Crippen LogP) is 0.719. The zero-order valence-electron chi connectivity index (χ0n) is 11.5. The van der Waals surface area contributed by atoms with Gasteiger partial charge in [-0.2, -0.15) is 0 Å². The maximum Gasteiger partial charge on any atom is 0.212 e. The van der Waals surface area contributed by atoms with Crippen LogP contribution in [0.4, 0.5) is 0 Å². The van der Waals surface area contributed by atoms with E-state index in [1.165, 1.54) is 0 Å². The Hall–Kier alpha value is -0.170. The van der Waals surface area contributed by atoms with Crippen molar-refractivity contribution in [2.75, 3.05) is 26.0 Å². The van der Waals surface area contributed by atoms with Gasteiger partial charge in [-0.15, -0.1) is 0 Å². The molecule has 0 fully saturated rings. The molecule has 0 spiro atoms. The van der Waals surface area contributed by atoms with Crippen molar-refractivity contribution in [2.45, 2.75) is 45.8 Å². The largest absolute Gasteiger partial charge is 0.379 e. The molecule has 0 rings (SSSR count). The molecule has 0 saturated heterocycles. The van der Waals surface area contributed by atoms with E-state index in [1.807, 2.05) is 20.8 Å². The minimum Gasteiger partial charge on any atom is -0.379 e. The fraction of sp³-hybridized carbons (Fsp3) is 1.00. The SMILES string of the molecule is CCNS(=O)(=O)CCN[C@H](C)CC(C)(C)OC. The Kier molecular flexibility index (Phi) is 7.23. The molecule has 6 heteroatoms. The maximum absolute atomic E-state index is 11.4. The van der Waals surface area contributed by atoms with Crippen LogP contribution in [0.5, 0.6) is 0 Å². The summed E-state index contributed by atoms with van der Waals surface area (Å²) >= 11 is 0. The first-order valence-electron chi connectivity index (χ1n) is 5.98. The molecule has 0 aromatic rings. The van der Waals surface area contributed by atoms with Gasteiger partial charge in [0.15, 0.2) is 0 Å². The Morgan fingerprint density at radius 3 is 2.41 bits per heavy atom. The topological polar surface area (TPSA) is 67.4 Å². The van der Waals surface area contributed by atoms with Gasteiger partial charge in [0.05, 0.1) is 11.4 Å². The highest BCUT2D eigenvalue weighted by molar-refractivity contribution is 7.89. The second kappa shape index (κ2) is 7.31. The van der Waals surface area contributed by atoms with E-state index in [2.05, 4.69) is 10.0 Å². The van der Waals surface area contributed by atoms with Gasteiger partial charge in [0.2, 0.25) is 10.0 Å². The van der Waals surface area contributed by atoms with Crippen molar-refractivity contribution in [1.29, 1.82) is 0 Å². The summed E-state index contributed by atoms with van der Waals surface area (Å²) in [6.07, 6.45) is 0.838. The molecule has 1 atom stereocenters. The van der Waals surface area contributed by atoms with Crippen LogP contribution in [0.3, 0.4) is 0 Å². The number of methoxy groups -OCH3 is 1. The first-order chi connectivity index (χ1) is 7.72. The van der Waals surface area contributed by atoms with Crippen molar-refractivity contribution in [3.63, 3.8) is 0 Å². The lowest BCUT2D eigenvalue weighted by Gasteiger charge is -2.27. The van der Waals surface area contributed by atoms with Crippen LogP contribution in [0.1, 0.15) is 34.1 Å². The molecule has 0 aliphatic carbocycles. The van der Waals surface area contributed by atoms with Crippen LogP contribution < -0.4 is 10.0 Å². The van der Waals surface area contributed by atoms with Gasteiger partial charge in [-0.05, 0) is 27.2 Å². The summed E-state index contributed by atoms with van der Waals surface area (Å²) in [5.74, 6) is 0.110. The van der Waals surface area contributed by atoms with Crippen molar-refractivity contribution in [2.24, 2.45) is 0 Å². The van der Waals surface area contributed by atoms with Crippen LogP contribution in [-0.4, -0.2) is 46.0 Å². The number of hydrogen-bond acceptors (Lipinski definition) is 4. The number of hydrogen-bond donors (Lipinski definition) is 2. The van der Waals surface area contributed by atoms with Crippen molar-refractivity contribution < 1.29 is 13.2 Å². The molecule has 0 aliphatic heterocycles. The molecule has 17 heavy (non-hydrogen) atoms. The summed E-state index contributed by atoms with van der Waals surface area (Å²) in [5, 5.41) is 3.19. The first-order valence-corrected chi connectivity index (χ1v) is 7.63. The molecular formula is C11H26N2O3S. The van der Waals surface area contributed by atoms with Crippen LogP contribution in [0.2, 0.25) is 0 Å². The number of ether oxygens (including phenoxy) is 1. The van der Waals surface area contributed by atoms with E-state index < -0.39 is 10.0 Å². The fourth-order valence-electron chi connectivity index (χ4n) is 1.62. The summed E-state index contributed by atoms with van der Waals surface area (Å²) in [4.78, 5) is 0. The van der Waals surface area contributed by atoms with E-state index >= 15 is 0 Å². The van der Waals surface area contributed by atoms with E-state index in [9.17, 15) is 8.42 Å². The van der Waals surface area contributed by atoms with Crippen molar-refractivity contribution in [3.05, 3.63) is 0 Å². The van der Waals surface area contributed by atoms with E-state index in [1.54, 1.807) is 14.0 Å². The highest BCUT2D eigenvalue weighted by atomic mass is 32.2. The molecule has 0 radical (unpaired) electrons. The predicted molar refractivity (Wildman–Crippen MR) is 70.6 cm³/mol. The molecular weight excluding hydrogens is 240 g/mol. The van der Waals surface area contributed by atoms with Crippen LogP contribution in [0.15, 0.2) is 0 Å². The van der Waals surface area contributed by atoms with E-state index in [0.717, 1.165) is 6.42 Å². The molecule has 0 aromatic heterocycles. The van der Waals surface area contributed by atoms with Gasteiger partial charge in [0.25, 0.3) is 0 Å². The molecule has 104 valence electrons. The molecule has 0 bridgehead atoms. The molecule has 0 aromatic carbocycles. The highest BCUT2D eigenvalue weighted by Crippen LogP contribution is 2.14. The summed E-state index contributed by atoms with van der Waals surface area (Å²) < 4.78 is 30.5. The van der Waals surface area contributed by atoms with E-state index in [4.69, 9.17) is 4.74 Å². The third-order valence-electron chi connectivity index (χ3n) is 2.58. The zero-order chi connectivity index (χ0) is 13.5. The van der Waals surface area contributed by atoms with Crippen LogP contribution >= 0.6 is 0 Å². The van der Waals surface area contributed by atoms with Gasteiger partial charge in [-0.25, -0.2) is 13.1 Å². The van der Waals surface area contributed by atoms with Gasteiger partial charge in [-0.1, -0.05) is 6.92 Å². The normalized spacial score (nSPS) is 14.9. The Morgan fingerprint density at radius 2 is 1.94 bits per heavy atom. The maximum atomic E-state index is 11.4. The zero-order valence-corrected chi connectivity index (χ0v) is 12.4. The second-order valence-corrected chi connectivity index (χ2v) is 6.77. The monoisotopic (exact) mass is 266 g/mol. The van der Waals surface area contributed by atoms with Gasteiger partial charge in [-0.3, -0.25) is 0 Å². The lowest BCUT2D eigenvalue weighted by atomic mass is 10.00. The molecule has 0 amide bonds. The van der Waals surface area contributed by atoms with Crippen molar-refractivity contribution >= 4 is 10.0 Å². The first kappa shape index (κ1) is 16.8. The van der Waals surface area contributed by atoms with Gasteiger partial charge in [0, 0.05) is 26.2 Å². The standard InChI is InChI=1S/C11H26N2O3S/c1-6-13-17(14,15)8-7-12-10(2)9-11(3,4)16-5/h10,12-13H,6-9H2,1-5H3/t10-/m1/s1. The average molecular weight is 266 g/mol. The third kappa shape index (κ3) is 8.54. The van der Waals surface area contributed by atoms with Gasteiger partial charge >= 0.3 is 0 Å². The number of sulfonamides is 1. The quantitative estimate of drug-likeness (QED) is 0.645. The summed E-state index contributed by atoms with van der Waals surface area (Å²) in [6, 6.07) is 0.224. The fourth-order valence-corrected chi connectivity index (χ4v) is 2.60. The Balaban J connectivity index is 3.90. The van der Waals surface area contributed by atoms with Crippen molar-refractivity contribution in [1.82, 2.24) is 10.0 Å². The molecule has 0 unspecified atom stereocenters. The Bertz CT molecular complexity index is 302. The molecule has 5 nitrogen and oxygen atoms in total. The van der Waals surface area contributed by atoms with E-state index in [0.29, 0.717) is 13.1 Å². The molecule has 0 saturated carbocycles. The van der Waals surface area contributed by atoms with Crippen LogP contribution in [0.25, 0.3) is 0 Å². The molecule has 0 heterocycles. The minimum absolute atomic E-state index is 0.110. The lowest BCUT2D eigenvalue weighted by Crippen LogP contribution is -2.39. The lowest BCUT2D eigenvalue weighted by molar-refractivity contribution is 0.00876. The van der Waals surface area contributed by atoms with Gasteiger partial charge in [0.1, 0.15) is 0 Å². The average Bonchev–Trinajstić information content (AvgIpc) is 2.16. The van der Waals surface area contributed by atoms with Crippen molar-refractivity contribution in [3.8, 4) is 0 Å². The minimum atomic E-state index is -3.12. The van der Waals surface area contributed by atoms with Crippen LogP contribution in [0, 0.1) is 0 Å².